The molecule has 4 rings (SSSR count). The number of pyridine rings is 1. The van der Waals surface area contributed by atoms with Crippen molar-refractivity contribution in [2.45, 2.75) is 52.1 Å². The van der Waals surface area contributed by atoms with Crippen LogP contribution in [0.2, 0.25) is 0 Å². The highest BCUT2D eigenvalue weighted by molar-refractivity contribution is 5.95. The Morgan fingerprint density at radius 3 is 2.85 bits per heavy atom. The van der Waals surface area contributed by atoms with Gasteiger partial charge in [0.05, 0.1) is 17.5 Å². The molecule has 0 saturated heterocycles. The summed E-state index contributed by atoms with van der Waals surface area (Å²) in [4.78, 5) is 17.3. The van der Waals surface area contributed by atoms with Crippen LogP contribution in [0.4, 0.5) is 0 Å². The van der Waals surface area contributed by atoms with Crippen LogP contribution in [0.15, 0.2) is 34.9 Å². The summed E-state index contributed by atoms with van der Waals surface area (Å²) in [5.74, 6) is 2.88. The molecule has 7 nitrogen and oxygen atoms in total. The minimum absolute atomic E-state index is 0.0580. The Balaban J connectivity index is 1.49. The van der Waals surface area contributed by atoms with Crippen LogP contribution < -0.4 is 5.32 Å². The van der Waals surface area contributed by atoms with Crippen LogP contribution in [0.5, 0.6) is 0 Å². The van der Waals surface area contributed by atoms with Crippen LogP contribution >= 0.6 is 0 Å². The van der Waals surface area contributed by atoms with Crippen LogP contribution in [-0.4, -0.2) is 31.7 Å². The van der Waals surface area contributed by atoms with E-state index in [0.717, 1.165) is 30.2 Å². The molecule has 1 aliphatic rings. The zero-order valence-corrected chi connectivity index (χ0v) is 15.8. The zero-order valence-electron chi connectivity index (χ0n) is 15.8. The number of carbonyl (C=O) groups excluding carboxylic acids is 1. The highest BCUT2D eigenvalue weighted by Gasteiger charge is 2.25. The number of aryl methyl sites for hydroxylation is 2. The van der Waals surface area contributed by atoms with Crippen molar-refractivity contribution in [3.8, 4) is 11.5 Å². The Labute approximate surface area is 157 Å². The number of nitrogens with one attached hydrogen (secondary N) is 1. The van der Waals surface area contributed by atoms with Gasteiger partial charge in [0.25, 0.3) is 5.91 Å². The number of hydrogen-bond donors (Lipinski definition) is 1. The lowest BCUT2D eigenvalue weighted by Gasteiger charge is -2.26. The largest absolute Gasteiger partial charge is 0.463 e. The molecule has 1 amide bonds. The topological polar surface area (TPSA) is 85.8 Å². The molecule has 0 aliphatic carbocycles. The van der Waals surface area contributed by atoms with Gasteiger partial charge in [-0.15, -0.1) is 10.2 Å². The molecule has 0 aromatic carbocycles. The molecule has 1 aliphatic heterocycles. The van der Waals surface area contributed by atoms with Gasteiger partial charge in [-0.2, -0.15) is 0 Å². The van der Waals surface area contributed by atoms with E-state index in [-0.39, 0.29) is 11.9 Å². The molecule has 0 radical (unpaired) electrons. The van der Waals surface area contributed by atoms with E-state index in [9.17, 15) is 4.79 Å². The standard InChI is InChI=1S/C20H23N5O2/c1-12(2)19-24-23-18-9-6-14(11-25(18)19)22-20(26)15-7-8-16(21-13(15)3)17-5-4-10-27-17/h4-5,7-8,10,12,14H,6,9,11H2,1-3H3,(H,22,26)/t14-/m0/s1. The molecule has 140 valence electrons. The fourth-order valence-corrected chi connectivity index (χ4v) is 3.52. The third-order valence-corrected chi connectivity index (χ3v) is 4.93. The van der Waals surface area contributed by atoms with Crippen molar-refractivity contribution in [1.82, 2.24) is 25.1 Å². The van der Waals surface area contributed by atoms with E-state index in [1.54, 1.807) is 6.26 Å². The predicted octanol–water partition coefficient (Wildman–Crippen LogP) is 3.11. The number of carbonyl (C=O) groups is 1. The summed E-state index contributed by atoms with van der Waals surface area (Å²) in [6, 6.07) is 7.36. The second-order valence-corrected chi connectivity index (χ2v) is 7.26. The molecule has 3 aromatic rings. The molecule has 0 bridgehead atoms. The van der Waals surface area contributed by atoms with Gasteiger partial charge in [0.1, 0.15) is 17.3 Å². The van der Waals surface area contributed by atoms with Crippen LogP contribution in [-0.2, 0) is 13.0 Å². The van der Waals surface area contributed by atoms with Gasteiger partial charge in [-0.1, -0.05) is 13.8 Å². The van der Waals surface area contributed by atoms with Gasteiger partial charge < -0.3 is 14.3 Å². The normalized spacial score (nSPS) is 16.4. The maximum atomic E-state index is 12.8. The quantitative estimate of drug-likeness (QED) is 0.768. The molecule has 4 heterocycles. The van der Waals surface area contributed by atoms with Crippen molar-refractivity contribution in [2.24, 2.45) is 0 Å². The van der Waals surface area contributed by atoms with Crippen molar-refractivity contribution < 1.29 is 9.21 Å². The van der Waals surface area contributed by atoms with Crippen LogP contribution in [0.3, 0.4) is 0 Å². The van der Waals surface area contributed by atoms with E-state index in [4.69, 9.17) is 4.42 Å². The van der Waals surface area contributed by atoms with Gasteiger partial charge in [-0.3, -0.25) is 4.79 Å². The Morgan fingerprint density at radius 2 is 2.15 bits per heavy atom. The molecule has 1 N–H and O–H groups in total. The van der Waals surface area contributed by atoms with Gasteiger partial charge in [0.15, 0.2) is 5.76 Å². The second-order valence-electron chi connectivity index (χ2n) is 7.26. The summed E-state index contributed by atoms with van der Waals surface area (Å²) in [6.07, 6.45) is 3.29. The van der Waals surface area contributed by atoms with E-state index in [1.807, 2.05) is 31.2 Å². The first kappa shape index (κ1) is 17.5. The first-order valence-corrected chi connectivity index (χ1v) is 9.27. The van der Waals surface area contributed by atoms with E-state index >= 15 is 0 Å². The Hall–Kier alpha value is -2.96. The van der Waals surface area contributed by atoms with Crippen molar-refractivity contribution in [2.75, 3.05) is 0 Å². The van der Waals surface area contributed by atoms with Gasteiger partial charge in [0.2, 0.25) is 0 Å². The summed E-state index contributed by atoms with van der Waals surface area (Å²) in [7, 11) is 0. The van der Waals surface area contributed by atoms with E-state index in [0.29, 0.717) is 29.5 Å². The number of fused-ring (bicyclic) bond motifs is 1. The highest BCUT2D eigenvalue weighted by atomic mass is 16.3. The first-order chi connectivity index (χ1) is 13.0. The van der Waals surface area contributed by atoms with E-state index < -0.39 is 0 Å². The van der Waals surface area contributed by atoms with Gasteiger partial charge in [0, 0.05) is 24.9 Å². The summed E-state index contributed by atoms with van der Waals surface area (Å²) >= 11 is 0. The number of aromatic nitrogens is 4. The molecule has 0 spiro atoms. The van der Waals surface area contributed by atoms with Gasteiger partial charge in [-0.05, 0) is 37.6 Å². The molecular weight excluding hydrogens is 342 g/mol. The molecule has 0 fully saturated rings. The summed E-state index contributed by atoms with van der Waals surface area (Å²) in [5, 5.41) is 11.7. The van der Waals surface area contributed by atoms with E-state index in [1.165, 1.54) is 0 Å². The summed E-state index contributed by atoms with van der Waals surface area (Å²) < 4.78 is 7.52. The lowest BCUT2D eigenvalue weighted by molar-refractivity contribution is 0.0926. The third kappa shape index (κ3) is 3.37. The summed E-state index contributed by atoms with van der Waals surface area (Å²) in [6.45, 7) is 6.76. The van der Waals surface area contributed by atoms with Crippen molar-refractivity contribution in [3.63, 3.8) is 0 Å². The number of nitrogens with zero attached hydrogens (tertiary/aromatic N) is 4. The third-order valence-electron chi connectivity index (χ3n) is 4.93. The van der Waals surface area contributed by atoms with Crippen molar-refractivity contribution >= 4 is 5.91 Å². The maximum Gasteiger partial charge on any atom is 0.253 e. The Kier molecular flexibility index (Phi) is 4.51. The Morgan fingerprint density at radius 1 is 1.30 bits per heavy atom. The fourth-order valence-electron chi connectivity index (χ4n) is 3.52. The van der Waals surface area contributed by atoms with Crippen LogP contribution in [0.1, 0.15) is 53.9 Å². The number of amides is 1. The smallest absolute Gasteiger partial charge is 0.253 e. The maximum absolute atomic E-state index is 12.8. The van der Waals surface area contributed by atoms with Crippen LogP contribution in [0.25, 0.3) is 11.5 Å². The minimum atomic E-state index is -0.0985. The average molecular weight is 365 g/mol. The van der Waals surface area contributed by atoms with Gasteiger partial charge >= 0.3 is 0 Å². The lowest BCUT2D eigenvalue weighted by Crippen LogP contribution is -2.41. The second kappa shape index (κ2) is 6.98. The SMILES string of the molecule is Cc1nc(-c2ccco2)ccc1C(=O)N[C@H]1CCc2nnc(C(C)C)n2C1. The van der Waals surface area contributed by atoms with Gasteiger partial charge in [-0.25, -0.2) is 4.98 Å². The Bertz CT molecular complexity index is 959. The minimum Gasteiger partial charge on any atom is -0.463 e. The number of furan rings is 1. The molecular formula is C20H23N5O2. The molecule has 0 unspecified atom stereocenters. The number of rotatable bonds is 4. The highest BCUT2D eigenvalue weighted by Crippen LogP contribution is 2.22. The molecule has 0 saturated carbocycles. The average Bonchev–Trinajstić information content (AvgIpc) is 3.31. The summed E-state index contributed by atoms with van der Waals surface area (Å²) in [5.41, 5.74) is 2.00. The van der Waals surface area contributed by atoms with Crippen molar-refractivity contribution in [3.05, 3.63) is 53.4 Å². The monoisotopic (exact) mass is 365 g/mol. The molecule has 27 heavy (non-hydrogen) atoms. The number of hydrogen-bond acceptors (Lipinski definition) is 5. The van der Waals surface area contributed by atoms with E-state index in [2.05, 4.69) is 38.9 Å². The van der Waals surface area contributed by atoms with Crippen molar-refractivity contribution in [1.29, 1.82) is 0 Å². The molecule has 3 aromatic heterocycles. The molecule has 7 heteroatoms. The lowest BCUT2D eigenvalue weighted by atomic mass is 10.0. The zero-order chi connectivity index (χ0) is 19.0. The van der Waals surface area contributed by atoms with Crippen LogP contribution in [0, 0.1) is 6.92 Å². The predicted molar refractivity (Wildman–Crippen MR) is 100 cm³/mol. The fraction of sp³-hybridized carbons (Fsp3) is 0.400. The molecule has 1 atom stereocenters. The first-order valence-electron chi connectivity index (χ1n) is 9.27.